The molecule has 0 amide bonds. The van der Waals surface area contributed by atoms with E-state index in [0.29, 0.717) is 5.69 Å². The largest absolute Gasteiger partial charge is 0.396 e. The average molecular weight is 220 g/mol. The van der Waals surface area contributed by atoms with Gasteiger partial charge >= 0.3 is 0 Å². The lowest BCUT2D eigenvalue weighted by Gasteiger charge is -2.05. The van der Waals surface area contributed by atoms with Crippen LogP contribution >= 0.6 is 0 Å². The van der Waals surface area contributed by atoms with Crippen molar-refractivity contribution in [1.29, 1.82) is 0 Å². The summed E-state index contributed by atoms with van der Waals surface area (Å²) in [5.41, 5.74) is 5.71. The number of benzene rings is 1. The van der Waals surface area contributed by atoms with Gasteiger partial charge in [-0.15, -0.1) is 0 Å². The minimum atomic E-state index is -0.486. The molecule has 0 saturated carbocycles. The maximum absolute atomic E-state index is 12.9. The number of hydrogen-bond donors (Lipinski definition) is 3. The Morgan fingerprint density at radius 3 is 2.88 bits per heavy atom. The zero-order chi connectivity index (χ0) is 11.5. The van der Waals surface area contributed by atoms with Crippen molar-refractivity contribution in [2.24, 2.45) is 0 Å². The van der Waals surface area contributed by atoms with Gasteiger partial charge in [0.25, 0.3) is 5.56 Å². The second-order valence-electron chi connectivity index (χ2n) is 3.14. The summed E-state index contributed by atoms with van der Waals surface area (Å²) in [5, 5.41) is 2.80. The number of anilines is 3. The van der Waals surface area contributed by atoms with E-state index in [0.717, 1.165) is 0 Å². The molecular formula is C10H9FN4O. The van der Waals surface area contributed by atoms with Crippen molar-refractivity contribution in [3.8, 4) is 0 Å². The van der Waals surface area contributed by atoms with Crippen molar-refractivity contribution in [2.75, 3.05) is 11.1 Å². The Hall–Kier alpha value is -2.37. The number of rotatable bonds is 2. The molecule has 0 radical (unpaired) electrons. The molecule has 0 unspecified atom stereocenters. The van der Waals surface area contributed by atoms with Crippen LogP contribution in [-0.2, 0) is 0 Å². The van der Waals surface area contributed by atoms with Crippen LogP contribution in [0.2, 0.25) is 0 Å². The second kappa shape index (κ2) is 4.01. The summed E-state index contributed by atoms with van der Waals surface area (Å²) < 4.78 is 12.9. The molecule has 0 aliphatic heterocycles. The molecule has 82 valence electrons. The lowest BCUT2D eigenvalue weighted by atomic mass is 10.3. The van der Waals surface area contributed by atoms with Crippen LogP contribution in [0.1, 0.15) is 0 Å². The molecule has 16 heavy (non-hydrogen) atoms. The Balaban J connectivity index is 2.27. The van der Waals surface area contributed by atoms with Crippen LogP contribution in [0.15, 0.2) is 35.3 Å². The molecular weight excluding hydrogens is 211 g/mol. The SMILES string of the molecule is Nc1cc(Nc2nccc(=O)[nH]2)ccc1F. The van der Waals surface area contributed by atoms with Crippen LogP contribution in [0.5, 0.6) is 0 Å². The molecule has 0 fully saturated rings. The Bertz CT molecular complexity index is 567. The van der Waals surface area contributed by atoms with Crippen molar-refractivity contribution in [2.45, 2.75) is 0 Å². The van der Waals surface area contributed by atoms with Gasteiger partial charge in [0.05, 0.1) is 5.69 Å². The number of aromatic nitrogens is 2. The number of nitrogens with two attached hydrogens (primary N) is 1. The maximum atomic E-state index is 12.9. The van der Waals surface area contributed by atoms with Crippen molar-refractivity contribution >= 4 is 17.3 Å². The molecule has 1 aromatic heterocycles. The molecule has 5 nitrogen and oxygen atoms in total. The summed E-state index contributed by atoms with van der Waals surface area (Å²) >= 11 is 0. The fourth-order valence-corrected chi connectivity index (χ4v) is 1.19. The smallest absolute Gasteiger partial charge is 0.252 e. The predicted octanol–water partition coefficient (Wildman–Crippen LogP) is 1.23. The van der Waals surface area contributed by atoms with E-state index in [1.807, 2.05) is 0 Å². The lowest BCUT2D eigenvalue weighted by molar-refractivity contribution is 0.632. The lowest BCUT2D eigenvalue weighted by Crippen LogP contribution is -2.08. The Morgan fingerprint density at radius 1 is 1.38 bits per heavy atom. The zero-order valence-corrected chi connectivity index (χ0v) is 8.20. The van der Waals surface area contributed by atoms with Crippen LogP contribution in [0, 0.1) is 5.82 Å². The normalized spacial score (nSPS) is 10.1. The standard InChI is InChI=1S/C10H9FN4O/c11-7-2-1-6(5-8(7)12)14-10-13-4-3-9(16)15-10/h1-5H,12H2,(H2,13,14,15,16). The predicted molar refractivity (Wildman–Crippen MR) is 59.0 cm³/mol. The summed E-state index contributed by atoms with van der Waals surface area (Å²) in [6, 6.07) is 5.45. The second-order valence-corrected chi connectivity index (χ2v) is 3.14. The van der Waals surface area contributed by atoms with E-state index in [4.69, 9.17) is 5.73 Å². The van der Waals surface area contributed by atoms with Gasteiger partial charge in [0.15, 0.2) is 0 Å². The Labute approximate surface area is 90.1 Å². The molecule has 1 heterocycles. The molecule has 1 aromatic carbocycles. The van der Waals surface area contributed by atoms with Gasteiger partial charge < -0.3 is 11.1 Å². The highest BCUT2D eigenvalue weighted by molar-refractivity contribution is 5.59. The maximum Gasteiger partial charge on any atom is 0.252 e. The van der Waals surface area contributed by atoms with Gasteiger partial charge in [-0.3, -0.25) is 9.78 Å². The summed E-state index contributed by atoms with van der Waals surface area (Å²) in [6.07, 6.45) is 1.37. The molecule has 0 bridgehead atoms. The third-order valence-electron chi connectivity index (χ3n) is 1.93. The highest BCUT2D eigenvalue weighted by Gasteiger charge is 2.00. The van der Waals surface area contributed by atoms with Gasteiger partial charge in [-0.1, -0.05) is 0 Å². The fourth-order valence-electron chi connectivity index (χ4n) is 1.19. The van der Waals surface area contributed by atoms with Crippen LogP contribution in [0.3, 0.4) is 0 Å². The van der Waals surface area contributed by atoms with E-state index in [2.05, 4.69) is 15.3 Å². The third kappa shape index (κ3) is 2.17. The fraction of sp³-hybridized carbons (Fsp3) is 0. The van der Waals surface area contributed by atoms with E-state index in [1.54, 1.807) is 0 Å². The van der Waals surface area contributed by atoms with Gasteiger partial charge in [0, 0.05) is 18.0 Å². The van der Waals surface area contributed by atoms with Gasteiger partial charge in [-0.25, -0.2) is 9.37 Å². The number of halogens is 1. The number of H-pyrrole nitrogens is 1. The van der Waals surface area contributed by atoms with Crippen LogP contribution in [0.25, 0.3) is 0 Å². The summed E-state index contributed by atoms with van der Waals surface area (Å²) in [7, 11) is 0. The highest BCUT2D eigenvalue weighted by Crippen LogP contribution is 2.18. The highest BCUT2D eigenvalue weighted by atomic mass is 19.1. The number of hydrogen-bond acceptors (Lipinski definition) is 4. The van der Waals surface area contributed by atoms with Crippen molar-refractivity contribution < 1.29 is 4.39 Å². The van der Waals surface area contributed by atoms with Gasteiger partial charge in [-0.05, 0) is 18.2 Å². The number of aromatic amines is 1. The van der Waals surface area contributed by atoms with Crippen molar-refractivity contribution in [1.82, 2.24) is 9.97 Å². The van der Waals surface area contributed by atoms with E-state index in [1.165, 1.54) is 30.5 Å². The number of nitrogen functional groups attached to an aromatic ring is 1. The number of nitrogens with zero attached hydrogens (tertiary/aromatic N) is 1. The Morgan fingerprint density at radius 2 is 2.19 bits per heavy atom. The monoisotopic (exact) mass is 220 g/mol. The first-order valence-corrected chi connectivity index (χ1v) is 4.52. The molecule has 0 aliphatic carbocycles. The molecule has 4 N–H and O–H groups in total. The van der Waals surface area contributed by atoms with E-state index in [-0.39, 0.29) is 17.2 Å². The molecule has 0 spiro atoms. The molecule has 2 rings (SSSR count). The first kappa shape index (κ1) is 10.2. The number of nitrogens with one attached hydrogen (secondary N) is 2. The molecule has 2 aromatic rings. The third-order valence-corrected chi connectivity index (χ3v) is 1.93. The van der Waals surface area contributed by atoms with E-state index < -0.39 is 5.82 Å². The molecule has 6 heteroatoms. The van der Waals surface area contributed by atoms with Crippen LogP contribution in [-0.4, -0.2) is 9.97 Å². The summed E-state index contributed by atoms with van der Waals surface area (Å²) in [6.45, 7) is 0. The average Bonchev–Trinajstić information content (AvgIpc) is 2.24. The van der Waals surface area contributed by atoms with E-state index in [9.17, 15) is 9.18 Å². The summed E-state index contributed by atoms with van der Waals surface area (Å²) in [5.74, 6) is -0.210. The van der Waals surface area contributed by atoms with Crippen molar-refractivity contribution in [3.05, 3.63) is 46.6 Å². The van der Waals surface area contributed by atoms with Gasteiger partial charge in [0.2, 0.25) is 5.95 Å². The minimum Gasteiger partial charge on any atom is -0.396 e. The Kier molecular flexibility index (Phi) is 2.55. The molecule has 0 atom stereocenters. The quantitative estimate of drug-likeness (QED) is 0.665. The van der Waals surface area contributed by atoms with Gasteiger partial charge in [-0.2, -0.15) is 0 Å². The van der Waals surface area contributed by atoms with Crippen molar-refractivity contribution in [3.63, 3.8) is 0 Å². The van der Waals surface area contributed by atoms with Crippen LogP contribution in [0.4, 0.5) is 21.7 Å². The first-order chi connectivity index (χ1) is 7.65. The minimum absolute atomic E-state index is 0.0308. The zero-order valence-electron chi connectivity index (χ0n) is 8.20. The van der Waals surface area contributed by atoms with E-state index >= 15 is 0 Å². The topological polar surface area (TPSA) is 83.8 Å². The molecule has 0 aliphatic rings. The van der Waals surface area contributed by atoms with Gasteiger partial charge in [0.1, 0.15) is 5.82 Å². The first-order valence-electron chi connectivity index (χ1n) is 4.52. The summed E-state index contributed by atoms with van der Waals surface area (Å²) in [4.78, 5) is 17.3. The molecule has 0 saturated heterocycles. The van der Waals surface area contributed by atoms with Crippen LogP contribution < -0.4 is 16.6 Å².